The maximum absolute atomic E-state index is 12.2. The average molecular weight is 375 g/mol. The maximum atomic E-state index is 12.2. The number of halogens is 1. The second-order valence-electron chi connectivity index (χ2n) is 7.01. The molecule has 0 spiro atoms. The van der Waals surface area contributed by atoms with E-state index in [0.717, 1.165) is 30.0 Å². The van der Waals surface area contributed by atoms with E-state index < -0.39 is 0 Å². The fourth-order valence-corrected chi connectivity index (χ4v) is 2.87. The van der Waals surface area contributed by atoms with Crippen LogP contribution in [0.4, 0.5) is 0 Å². The van der Waals surface area contributed by atoms with Gasteiger partial charge in [-0.2, -0.15) is 0 Å². The predicted molar refractivity (Wildman–Crippen MR) is 107 cm³/mol. The van der Waals surface area contributed by atoms with Gasteiger partial charge in [0.15, 0.2) is 0 Å². The molecule has 0 atom stereocenters. The van der Waals surface area contributed by atoms with E-state index in [-0.39, 0.29) is 18.3 Å². The summed E-state index contributed by atoms with van der Waals surface area (Å²) in [5, 5.41) is 6.34. The zero-order valence-corrected chi connectivity index (χ0v) is 16.2. The van der Waals surface area contributed by atoms with E-state index in [0.29, 0.717) is 25.5 Å². The second-order valence-corrected chi connectivity index (χ2v) is 7.01. The van der Waals surface area contributed by atoms with E-state index >= 15 is 0 Å². The summed E-state index contributed by atoms with van der Waals surface area (Å²) in [5.41, 5.74) is 4.83. The van der Waals surface area contributed by atoms with Crippen LogP contribution in [0.2, 0.25) is 0 Å². The Balaban J connectivity index is 0.00000243. The van der Waals surface area contributed by atoms with E-state index in [2.05, 4.69) is 42.7 Å². The van der Waals surface area contributed by atoms with Crippen molar-refractivity contribution in [1.29, 1.82) is 0 Å². The van der Waals surface area contributed by atoms with Gasteiger partial charge >= 0.3 is 0 Å². The minimum atomic E-state index is 0. The van der Waals surface area contributed by atoms with Gasteiger partial charge in [-0.05, 0) is 40.3 Å². The Morgan fingerprint density at radius 1 is 1.08 bits per heavy atom. The highest BCUT2D eigenvalue weighted by Crippen LogP contribution is 2.17. The summed E-state index contributed by atoms with van der Waals surface area (Å²) in [6.07, 6.45) is 0.386. The molecule has 1 aliphatic rings. The zero-order valence-electron chi connectivity index (χ0n) is 15.4. The molecule has 0 bridgehead atoms. The maximum Gasteiger partial charge on any atom is 0.224 e. The van der Waals surface area contributed by atoms with Crippen molar-refractivity contribution in [3.63, 3.8) is 0 Å². The molecule has 2 N–H and O–H groups in total. The van der Waals surface area contributed by atoms with E-state index in [1.807, 2.05) is 24.3 Å². The van der Waals surface area contributed by atoms with Gasteiger partial charge in [-0.15, -0.1) is 12.4 Å². The monoisotopic (exact) mass is 374 g/mol. The molecule has 1 amide bonds. The van der Waals surface area contributed by atoms with E-state index in [4.69, 9.17) is 4.74 Å². The molecule has 0 aliphatic carbocycles. The van der Waals surface area contributed by atoms with Crippen LogP contribution in [0.5, 0.6) is 5.75 Å². The summed E-state index contributed by atoms with van der Waals surface area (Å²) < 4.78 is 5.66. The molecule has 0 aromatic heterocycles. The second kappa shape index (κ2) is 9.60. The first-order chi connectivity index (χ1) is 12.1. The molecule has 1 heterocycles. The van der Waals surface area contributed by atoms with E-state index in [1.165, 1.54) is 11.1 Å². The van der Waals surface area contributed by atoms with Crippen LogP contribution in [0.3, 0.4) is 0 Å². The van der Waals surface area contributed by atoms with Crippen molar-refractivity contribution >= 4 is 18.3 Å². The molecule has 0 saturated carbocycles. The quantitative estimate of drug-likeness (QED) is 0.778. The van der Waals surface area contributed by atoms with Gasteiger partial charge in [0.25, 0.3) is 0 Å². The number of rotatable bonds is 7. The number of ether oxygens (including phenoxy) is 1. The van der Waals surface area contributed by atoms with Crippen LogP contribution >= 0.6 is 12.4 Å². The molecule has 4 nitrogen and oxygen atoms in total. The molecule has 140 valence electrons. The smallest absolute Gasteiger partial charge is 0.224 e. The van der Waals surface area contributed by atoms with Gasteiger partial charge in [-0.3, -0.25) is 4.79 Å². The Bertz CT molecular complexity index is 729. The van der Waals surface area contributed by atoms with Gasteiger partial charge < -0.3 is 15.4 Å². The number of carbonyl (C=O) groups is 1. The van der Waals surface area contributed by atoms with Crippen LogP contribution < -0.4 is 15.4 Å². The first-order valence-corrected chi connectivity index (χ1v) is 8.90. The molecule has 2 aromatic rings. The third kappa shape index (κ3) is 5.75. The van der Waals surface area contributed by atoms with Crippen molar-refractivity contribution in [2.75, 3.05) is 6.61 Å². The van der Waals surface area contributed by atoms with Crippen LogP contribution in [-0.2, 0) is 30.8 Å². The molecular weight excluding hydrogens is 348 g/mol. The Hall–Kier alpha value is -2.04. The topological polar surface area (TPSA) is 50.4 Å². The van der Waals surface area contributed by atoms with Crippen molar-refractivity contribution in [3.05, 3.63) is 64.7 Å². The SMILES string of the molecule is CC(C)COc1ccc(CC(=O)NCc2ccc3c(c2)CNC3)cc1.Cl. The summed E-state index contributed by atoms with van der Waals surface area (Å²) in [7, 11) is 0. The molecule has 1 aliphatic heterocycles. The zero-order chi connectivity index (χ0) is 17.6. The summed E-state index contributed by atoms with van der Waals surface area (Å²) >= 11 is 0. The fourth-order valence-electron chi connectivity index (χ4n) is 2.87. The lowest BCUT2D eigenvalue weighted by Crippen LogP contribution is -2.24. The number of benzene rings is 2. The third-order valence-corrected chi connectivity index (χ3v) is 4.26. The first kappa shape index (κ1) is 20.3. The van der Waals surface area contributed by atoms with Gasteiger partial charge in [-0.1, -0.05) is 44.2 Å². The van der Waals surface area contributed by atoms with Crippen LogP contribution in [0.15, 0.2) is 42.5 Å². The minimum Gasteiger partial charge on any atom is -0.493 e. The molecule has 0 unspecified atom stereocenters. The Morgan fingerprint density at radius 3 is 2.50 bits per heavy atom. The van der Waals surface area contributed by atoms with Crippen molar-refractivity contribution in [1.82, 2.24) is 10.6 Å². The lowest BCUT2D eigenvalue weighted by atomic mass is 10.1. The molecule has 3 rings (SSSR count). The van der Waals surface area contributed by atoms with Crippen molar-refractivity contribution in [2.24, 2.45) is 5.92 Å². The highest BCUT2D eigenvalue weighted by atomic mass is 35.5. The summed E-state index contributed by atoms with van der Waals surface area (Å²) in [6, 6.07) is 14.2. The molecule has 2 aromatic carbocycles. The van der Waals surface area contributed by atoms with Crippen LogP contribution in [0, 0.1) is 5.92 Å². The fraction of sp³-hybridized carbons (Fsp3) is 0.381. The molecular formula is C21H27ClN2O2. The van der Waals surface area contributed by atoms with Gasteiger partial charge in [0.05, 0.1) is 13.0 Å². The summed E-state index contributed by atoms with van der Waals surface area (Å²) in [6.45, 7) is 7.38. The minimum absolute atomic E-state index is 0. The van der Waals surface area contributed by atoms with Crippen molar-refractivity contribution in [2.45, 2.75) is 39.9 Å². The molecule has 0 radical (unpaired) electrons. The summed E-state index contributed by atoms with van der Waals surface area (Å²) in [4.78, 5) is 12.2. The standard InChI is InChI=1S/C21H26N2O2.ClH/c1-15(2)14-25-20-7-4-16(5-8-20)10-21(24)23-11-17-3-6-18-12-22-13-19(18)9-17;/h3-9,15,22H,10-14H2,1-2H3,(H,23,24);1H. The number of hydrogen-bond acceptors (Lipinski definition) is 3. The lowest BCUT2D eigenvalue weighted by Gasteiger charge is -2.10. The Morgan fingerprint density at radius 2 is 1.77 bits per heavy atom. The average Bonchev–Trinajstić information content (AvgIpc) is 3.07. The molecule has 0 saturated heterocycles. The van der Waals surface area contributed by atoms with Gasteiger partial charge in [0.1, 0.15) is 5.75 Å². The van der Waals surface area contributed by atoms with Gasteiger partial charge in [-0.25, -0.2) is 0 Å². The van der Waals surface area contributed by atoms with Gasteiger partial charge in [0.2, 0.25) is 5.91 Å². The number of amides is 1. The van der Waals surface area contributed by atoms with E-state index in [1.54, 1.807) is 0 Å². The predicted octanol–water partition coefficient (Wildman–Crippen LogP) is 3.61. The van der Waals surface area contributed by atoms with Crippen LogP contribution in [0.1, 0.15) is 36.1 Å². The summed E-state index contributed by atoms with van der Waals surface area (Å²) in [5.74, 6) is 1.39. The number of hydrogen-bond donors (Lipinski definition) is 2. The molecule has 0 fully saturated rings. The first-order valence-electron chi connectivity index (χ1n) is 8.90. The number of carbonyl (C=O) groups excluding carboxylic acids is 1. The van der Waals surface area contributed by atoms with Crippen molar-refractivity contribution in [3.8, 4) is 5.75 Å². The number of fused-ring (bicyclic) bond motifs is 1. The highest BCUT2D eigenvalue weighted by Gasteiger charge is 2.10. The third-order valence-electron chi connectivity index (χ3n) is 4.26. The normalized spacial score (nSPS) is 12.4. The Labute approximate surface area is 161 Å². The Kier molecular flexibility index (Phi) is 7.49. The van der Waals surface area contributed by atoms with Gasteiger partial charge in [0, 0.05) is 19.6 Å². The highest BCUT2D eigenvalue weighted by molar-refractivity contribution is 5.85. The van der Waals surface area contributed by atoms with Crippen LogP contribution in [-0.4, -0.2) is 12.5 Å². The van der Waals surface area contributed by atoms with E-state index in [9.17, 15) is 4.79 Å². The largest absolute Gasteiger partial charge is 0.493 e. The number of nitrogens with one attached hydrogen (secondary N) is 2. The lowest BCUT2D eigenvalue weighted by molar-refractivity contribution is -0.120. The van der Waals surface area contributed by atoms with Crippen LogP contribution in [0.25, 0.3) is 0 Å². The van der Waals surface area contributed by atoms with Crippen molar-refractivity contribution < 1.29 is 9.53 Å². The molecule has 26 heavy (non-hydrogen) atoms. The molecule has 5 heteroatoms.